The summed E-state index contributed by atoms with van der Waals surface area (Å²) in [6.07, 6.45) is 4.33. The van der Waals surface area contributed by atoms with Crippen LogP contribution in [-0.4, -0.2) is 29.3 Å². The molecule has 0 aromatic carbocycles. The minimum Gasteiger partial charge on any atom is -0.393 e. The smallest absolute Gasteiger partial charge is 0.0797 e. The van der Waals surface area contributed by atoms with E-state index in [-0.39, 0.29) is 6.10 Å². The van der Waals surface area contributed by atoms with E-state index < -0.39 is 0 Å². The van der Waals surface area contributed by atoms with Gasteiger partial charge in [0.2, 0.25) is 0 Å². The Kier molecular flexibility index (Phi) is 4.32. The number of aromatic nitrogens is 1. The first kappa shape index (κ1) is 12.0. The second-order valence-corrected chi connectivity index (χ2v) is 5.51. The average molecular weight is 240 g/mol. The maximum absolute atomic E-state index is 9.67. The third-order valence-corrected chi connectivity index (χ3v) is 4.39. The first-order valence-corrected chi connectivity index (χ1v) is 6.93. The van der Waals surface area contributed by atoms with Crippen LogP contribution in [0, 0.1) is 12.8 Å². The zero-order valence-corrected chi connectivity index (χ0v) is 10.6. The average Bonchev–Trinajstić information content (AvgIpc) is 2.84. The normalized spacial score (nSPS) is 25.1. The number of rotatable bonds is 5. The molecule has 2 N–H and O–H groups in total. The minimum atomic E-state index is -0.0716. The lowest BCUT2D eigenvalue weighted by molar-refractivity contribution is 0.132. The van der Waals surface area contributed by atoms with Crippen molar-refractivity contribution in [1.29, 1.82) is 0 Å². The molecule has 1 aromatic rings. The Morgan fingerprint density at radius 3 is 3.06 bits per heavy atom. The maximum Gasteiger partial charge on any atom is 0.0797 e. The summed E-state index contributed by atoms with van der Waals surface area (Å²) in [6.45, 7) is 4.01. The van der Waals surface area contributed by atoms with Gasteiger partial charge in [0.1, 0.15) is 0 Å². The van der Waals surface area contributed by atoms with Gasteiger partial charge in [0, 0.05) is 18.0 Å². The summed E-state index contributed by atoms with van der Waals surface area (Å²) in [6, 6.07) is 0. The highest BCUT2D eigenvalue weighted by atomic mass is 32.1. The van der Waals surface area contributed by atoms with Gasteiger partial charge in [-0.05, 0) is 32.1 Å². The van der Waals surface area contributed by atoms with Gasteiger partial charge < -0.3 is 10.4 Å². The van der Waals surface area contributed by atoms with Gasteiger partial charge in [0.25, 0.3) is 0 Å². The summed E-state index contributed by atoms with van der Waals surface area (Å²) in [5.41, 5.74) is 3.07. The lowest BCUT2D eigenvalue weighted by Crippen LogP contribution is -2.29. The van der Waals surface area contributed by atoms with E-state index in [0.29, 0.717) is 5.92 Å². The molecule has 2 atom stereocenters. The molecule has 1 aliphatic rings. The van der Waals surface area contributed by atoms with E-state index >= 15 is 0 Å². The molecule has 3 nitrogen and oxygen atoms in total. The summed E-state index contributed by atoms with van der Waals surface area (Å²) >= 11 is 1.73. The van der Waals surface area contributed by atoms with Gasteiger partial charge in [-0.2, -0.15) is 0 Å². The maximum atomic E-state index is 9.67. The van der Waals surface area contributed by atoms with Crippen molar-refractivity contribution in [3.8, 4) is 0 Å². The van der Waals surface area contributed by atoms with Crippen molar-refractivity contribution in [2.75, 3.05) is 13.1 Å². The molecule has 0 amide bonds. The van der Waals surface area contributed by atoms with Crippen molar-refractivity contribution in [3.05, 3.63) is 16.1 Å². The van der Waals surface area contributed by atoms with E-state index in [1.807, 2.05) is 5.51 Å². The predicted octanol–water partition coefficient (Wildman–Crippen LogP) is 1.74. The first-order valence-electron chi connectivity index (χ1n) is 6.05. The molecule has 0 bridgehead atoms. The molecule has 1 saturated carbocycles. The molecule has 1 aromatic heterocycles. The molecule has 16 heavy (non-hydrogen) atoms. The molecular formula is C12H20N2OS. The summed E-state index contributed by atoms with van der Waals surface area (Å²) in [7, 11) is 0. The van der Waals surface area contributed by atoms with Crippen molar-refractivity contribution < 1.29 is 5.11 Å². The largest absolute Gasteiger partial charge is 0.393 e. The van der Waals surface area contributed by atoms with Gasteiger partial charge in [-0.3, -0.25) is 0 Å². The highest BCUT2D eigenvalue weighted by molar-refractivity contribution is 7.09. The molecule has 2 rings (SSSR count). The molecule has 1 heterocycles. The SMILES string of the molecule is Cc1ncsc1CCNCC1CCCC1O. The Balaban J connectivity index is 1.63. The number of aliphatic hydroxyl groups excluding tert-OH is 1. The van der Waals surface area contributed by atoms with Crippen molar-refractivity contribution >= 4 is 11.3 Å². The molecule has 2 unspecified atom stereocenters. The summed E-state index contributed by atoms with van der Waals surface area (Å²) in [4.78, 5) is 5.61. The lowest BCUT2D eigenvalue weighted by atomic mass is 10.1. The number of nitrogens with zero attached hydrogens (tertiary/aromatic N) is 1. The van der Waals surface area contributed by atoms with Gasteiger partial charge in [-0.15, -0.1) is 11.3 Å². The zero-order chi connectivity index (χ0) is 11.4. The molecule has 1 fully saturated rings. The van der Waals surface area contributed by atoms with Crippen LogP contribution in [0.15, 0.2) is 5.51 Å². The number of aryl methyl sites for hydroxylation is 1. The van der Waals surface area contributed by atoms with Crippen LogP contribution in [-0.2, 0) is 6.42 Å². The Hall–Kier alpha value is -0.450. The van der Waals surface area contributed by atoms with Crippen molar-refractivity contribution in [1.82, 2.24) is 10.3 Å². The molecular weight excluding hydrogens is 220 g/mol. The van der Waals surface area contributed by atoms with Gasteiger partial charge in [-0.25, -0.2) is 4.98 Å². The fourth-order valence-electron chi connectivity index (χ4n) is 2.31. The molecule has 4 heteroatoms. The standard InChI is InChI=1S/C12H20N2OS/c1-9-12(16-8-14-9)5-6-13-7-10-3-2-4-11(10)15/h8,10-11,13,15H,2-7H2,1H3. The summed E-state index contributed by atoms with van der Waals surface area (Å²) < 4.78 is 0. The second kappa shape index (κ2) is 5.75. The number of hydrogen-bond donors (Lipinski definition) is 2. The Morgan fingerprint density at radius 2 is 2.44 bits per heavy atom. The van der Waals surface area contributed by atoms with E-state index in [2.05, 4.69) is 17.2 Å². The van der Waals surface area contributed by atoms with Gasteiger partial charge in [0.15, 0.2) is 0 Å². The molecule has 0 spiro atoms. The fraction of sp³-hybridized carbons (Fsp3) is 0.750. The third-order valence-electron chi connectivity index (χ3n) is 3.40. The van der Waals surface area contributed by atoms with Crippen LogP contribution >= 0.6 is 11.3 Å². The highest BCUT2D eigenvalue weighted by Crippen LogP contribution is 2.24. The van der Waals surface area contributed by atoms with E-state index in [1.165, 1.54) is 17.7 Å². The second-order valence-electron chi connectivity index (χ2n) is 4.57. The fourth-order valence-corrected chi connectivity index (χ4v) is 3.09. The van der Waals surface area contributed by atoms with Crippen LogP contribution in [0.5, 0.6) is 0 Å². The van der Waals surface area contributed by atoms with Crippen LogP contribution < -0.4 is 5.32 Å². The molecule has 0 saturated heterocycles. The minimum absolute atomic E-state index is 0.0716. The van der Waals surface area contributed by atoms with Gasteiger partial charge in [-0.1, -0.05) is 6.42 Å². The number of aliphatic hydroxyl groups is 1. The predicted molar refractivity (Wildman–Crippen MR) is 66.8 cm³/mol. The summed E-state index contributed by atoms with van der Waals surface area (Å²) in [5, 5.41) is 13.1. The van der Waals surface area contributed by atoms with E-state index in [4.69, 9.17) is 0 Å². The first-order chi connectivity index (χ1) is 7.77. The number of nitrogens with one attached hydrogen (secondary N) is 1. The summed E-state index contributed by atoms with van der Waals surface area (Å²) in [5.74, 6) is 0.475. The van der Waals surface area contributed by atoms with Crippen molar-refractivity contribution in [2.24, 2.45) is 5.92 Å². The van der Waals surface area contributed by atoms with E-state index in [9.17, 15) is 5.11 Å². The molecule has 0 radical (unpaired) electrons. The van der Waals surface area contributed by atoms with Crippen LogP contribution in [0.3, 0.4) is 0 Å². The topological polar surface area (TPSA) is 45.2 Å². The van der Waals surface area contributed by atoms with Crippen LogP contribution in [0.4, 0.5) is 0 Å². The number of thiazole rings is 1. The van der Waals surface area contributed by atoms with Crippen LogP contribution in [0.2, 0.25) is 0 Å². The van der Waals surface area contributed by atoms with E-state index in [0.717, 1.165) is 31.6 Å². The lowest BCUT2D eigenvalue weighted by Gasteiger charge is -2.14. The van der Waals surface area contributed by atoms with Crippen LogP contribution in [0.1, 0.15) is 29.8 Å². The van der Waals surface area contributed by atoms with Crippen molar-refractivity contribution in [2.45, 2.75) is 38.7 Å². The number of hydrogen-bond acceptors (Lipinski definition) is 4. The Bertz CT molecular complexity index is 327. The molecule has 90 valence electrons. The quantitative estimate of drug-likeness (QED) is 0.771. The van der Waals surface area contributed by atoms with Gasteiger partial charge >= 0.3 is 0 Å². The van der Waals surface area contributed by atoms with Crippen LogP contribution in [0.25, 0.3) is 0 Å². The van der Waals surface area contributed by atoms with Gasteiger partial charge in [0.05, 0.1) is 17.3 Å². The van der Waals surface area contributed by atoms with Crippen molar-refractivity contribution in [3.63, 3.8) is 0 Å². The van der Waals surface area contributed by atoms with E-state index in [1.54, 1.807) is 11.3 Å². The monoisotopic (exact) mass is 240 g/mol. The Morgan fingerprint density at radius 1 is 1.56 bits per heavy atom. The zero-order valence-electron chi connectivity index (χ0n) is 9.78. The highest BCUT2D eigenvalue weighted by Gasteiger charge is 2.24. The Labute approximate surface area is 101 Å². The third kappa shape index (κ3) is 3.03. The molecule has 0 aliphatic heterocycles. The molecule has 1 aliphatic carbocycles.